The Bertz CT molecular complexity index is 1080. The van der Waals surface area contributed by atoms with Crippen molar-refractivity contribution < 1.29 is 17.9 Å². The van der Waals surface area contributed by atoms with Crippen molar-refractivity contribution in [2.24, 2.45) is 0 Å². The van der Waals surface area contributed by atoms with Crippen LogP contribution in [0.1, 0.15) is 11.1 Å². The number of sulfonamides is 1. The van der Waals surface area contributed by atoms with E-state index in [0.29, 0.717) is 12.4 Å². The average Bonchev–Trinajstić information content (AvgIpc) is 2.78. The van der Waals surface area contributed by atoms with Gasteiger partial charge in [0.1, 0.15) is 18.4 Å². The molecule has 3 aromatic carbocycles. The Kier molecular flexibility index (Phi) is 7.44. The first-order chi connectivity index (χ1) is 14.8. The van der Waals surface area contributed by atoms with E-state index < -0.39 is 16.1 Å². The van der Waals surface area contributed by atoms with Crippen LogP contribution in [0, 0.1) is 0 Å². The first-order valence-electron chi connectivity index (χ1n) is 9.89. The minimum atomic E-state index is -3.90. The lowest BCUT2D eigenvalue weighted by Crippen LogP contribution is -2.47. The molecule has 0 radical (unpaired) electrons. The van der Waals surface area contributed by atoms with Crippen LogP contribution in [0.3, 0.4) is 0 Å². The van der Waals surface area contributed by atoms with Gasteiger partial charge in [0.2, 0.25) is 15.9 Å². The molecule has 0 fully saturated rings. The maximum atomic E-state index is 12.9. The second-order valence-corrected chi connectivity index (χ2v) is 9.06. The molecule has 0 aliphatic carbocycles. The van der Waals surface area contributed by atoms with Gasteiger partial charge in [-0.05, 0) is 41.8 Å². The molecule has 0 saturated carbocycles. The Hall–Kier alpha value is -3.16. The summed E-state index contributed by atoms with van der Waals surface area (Å²) in [6.07, 6.45) is 0.259. The number of likely N-dealkylation sites (N-methyl/N-ethyl adjacent to an activating group) is 1. The van der Waals surface area contributed by atoms with E-state index >= 15 is 0 Å². The summed E-state index contributed by atoms with van der Waals surface area (Å²) < 4.78 is 34.1. The number of nitrogens with one attached hydrogen (secondary N) is 1. The topological polar surface area (TPSA) is 75.7 Å². The molecular formula is C24H26N2O4S. The molecule has 1 unspecified atom stereocenters. The fraction of sp³-hybridized carbons (Fsp3) is 0.208. The second kappa shape index (κ2) is 10.2. The summed E-state index contributed by atoms with van der Waals surface area (Å²) >= 11 is 0. The standard InChI is InChI=1S/C24H26N2O4S/c1-26(2)24(27)23(17-19-9-5-3-6-10-19)25-31(28,29)22-15-13-21(14-16-22)30-18-20-11-7-4-8-12-20/h3-16,23,25H,17-18H2,1-2H3. The molecule has 3 rings (SSSR count). The van der Waals surface area contributed by atoms with Crippen molar-refractivity contribution in [3.05, 3.63) is 96.1 Å². The van der Waals surface area contributed by atoms with Crippen LogP contribution in [-0.4, -0.2) is 39.4 Å². The van der Waals surface area contributed by atoms with Crippen LogP contribution < -0.4 is 9.46 Å². The highest BCUT2D eigenvalue weighted by atomic mass is 32.2. The molecule has 6 nitrogen and oxygen atoms in total. The number of hydrogen-bond donors (Lipinski definition) is 1. The van der Waals surface area contributed by atoms with Gasteiger partial charge < -0.3 is 9.64 Å². The van der Waals surface area contributed by atoms with E-state index in [1.54, 1.807) is 26.2 Å². The Labute approximate surface area is 183 Å². The third-order valence-electron chi connectivity index (χ3n) is 4.70. The Morgan fingerprint density at radius 1 is 0.871 bits per heavy atom. The molecule has 0 spiro atoms. The summed E-state index contributed by atoms with van der Waals surface area (Å²) in [4.78, 5) is 14.1. The third-order valence-corrected chi connectivity index (χ3v) is 6.19. The van der Waals surface area contributed by atoms with Crippen LogP contribution in [0.4, 0.5) is 0 Å². The maximum absolute atomic E-state index is 12.9. The predicted molar refractivity (Wildman–Crippen MR) is 120 cm³/mol. The van der Waals surface area contributed by atoms with Crippen molar-refractivity contribution in [3.8, 4) is 5.75 Å². The maximum Gasteiger partial charge on any atom is 0.241 e. The molecule has 0 bridgehead atoms. The molecule has 7 heteroatoms. The van der Waals surface area contributed by atoms with Gasteiger partial charge in [0.25, 0.3) is 0 Å². The zero-order valence-corrected chi connectivity index (χ0v) is 18.4. The van der Waals surface area contributed by atoms with Crippen LogP contribution in [0.15, 0.2) is 89.8 Å². The Balaban J connectivity index is 1.71. The van der Waals surface area contributed by atoms with Crippen molar-refractivity contribution in [3.63, 3.8) is 0 Å². The van der Waals surface area contributed by atoms with E-state index in [1.807, 2.05) is 60.7 Å². The molecular weight excluding hydrogens is 412 g/mol. The van der Waals surface area contributed by atoms with Gasteiger partial charge in [0, 0.05) is 14.1 Å². The fourth-order valence-electron chi connectivity index (χ4n) is 3.05. The lowest BCUT2D eigenvalue weighted by molar-refractivity contribution is -0.130. The van der Waals surface area contributed by atoms with E-state index in [-0.39, 0.29) is 17.2 Å². The molecule has 1 amide bonds. The largest absolute Gasteiger partial charge is 0.489 e. The number of benzene rings is 3. The van der Waals surface area contributed by atoms with Crippen LogP contribution in [0.2, 0.25) is 0 Å². The van der Waals surface area contributed by atoms with Gasteiger partial charge >= 0.3 is 0 Å². The fourth-order valence-corrected chi connectivity index (χ4v) is 4.24. The molecule has 1 atom stereocenters. The van der Waals surface area contributed by atoms with Crippen LogP contribution in [-0.2, 0) is 27.8 Å². The van der Waals surface area contributed by atoms with E-state index in [0.717, 1.165) is 11.1 Å². The smallest absolute Gasteiger partial charge is 0.241 e. The van der Waals surface area contributed by atoms with Crippen molar-refractivity contribution in [1.82, 2.24) is 9.62 Å². The summed E-state index contributed by atoms with van der Waals surface area (Å²) in [5, 5.41) is 0. The third kappa shape index (κ3) is 6.41. The van der Waals surface area contributed by atoms with Crippen molar-refractivity contribution in [2.75, 3.05) is 14.1 Å². The lowest BCUT2D eigenvalue weighted by atomic mass is 10.1. The summed E-state index contributed by atoms with van der Waals surface area (Å²) in [5.41, 5.74) is 1.89. The number of carbonyl (C=O) groups excluding carboxylic acids is 1. The minimum Gasteiger partial charge on any atom is -0.489 e. The molecule has 1 N–H and O–H groups in total. The quantitative estimate of drug-likeness (QED) is 0.557. The highest BCUT2D eigenvalue weighted by molar-refractivity contribution is 7.89. The number of rotatable bonds is 9. The second-order valence-electron chi connectivity index (χ2n) is 7.34. The van der Waals surface area contributed by atoms with Gasteiger partial charge in [-0.1, -0.05) is 60.7 Å². The van der Waals surface area contributed by atoms with Crippen molar-refractivity contribution in [2.45, 2.75) is 24.0 Å². The molecule has 0 aromatic heterocycles. The predicted octanol–water partition coefficient (Wildman–Crippen LogP) is 3.24. The highest BCUT2D eigenvalue weighted by Gasteiger charge is 2.27. The summed E-state index contributed by atoms with van der Waals surface area (Å²) in [5.74, 6) is 0.253. The summed E-state index contributed by atoms with van der Waals surface area (Å²) in [6.45, 7) is 0.391. The van der Waals surface area contributed by atoms with Crippen LogP contribution in [0.5, 0.6) is 5.75 Å². The minimum absolute atomic E-state index is 0.0733. The van der Waals surface area contributed by atoms with Gasteiger partial charge in [0.15, 0.2) is 0 Å². The number of nitrogens with zero attached hydrogens (tertiary/aromatic N) is 1. The van der Waals surface area contributed by atoms with E-state index in [9.17, 15) is 13.2 Å². The molecule has 162 valence electrons. The molecule has 0 aliphatic rings. The summed E-state index contributed by atoms with van der Waals surface area (Å²) in [7, 11) is -0.686. The zero-order chi connectivity index (χ0) is 22.3. The first-order valence-corrected chi connectivity index (χ1v) is 11.4. The van der Waals surface area contributed by atoms with E-state index in [1.165, 1.54) is 17.0 Å². The lowest BCUT2D eigenvalue weighted by Gasteiger charge is -2.22. The normalized spacial score (nSPS) is 12.2. The molecule has 0 aliphatic heterocycles. The van der Waals surface area contributed by atoms with Gasteiger partial charge in [-0.2, -0.15) is 4.72 Å². The molecule has 0 saturated heterocycles. The monoisotopic (exact) mass is 438 g/mol. The van der Waals surface area contributed by atoms with E-state index in [2.05, 4.69) is 4.72 Å². The average molecular weight is 439 g/mol. The van der Waals surface area contributed by atoms with Crippen molar-refractivity contribution >= 4 is 15.9 Å². The van der Waals surface area contributed by atoms with Crippen LogP contribution >= 0.6 is 0 Å². The zero-order valence-electron chi connectivity index (χ0n) is 17.6. The molecule has 3 aromatic rings. The number of hydrogen-bond acceptors (Lipinski definition) is 4. The Morgan fingerprint density at radius 2 is 1.42 bits per heavy atom. The summed E-state index contributed by atoms with van der Waals surface area (Å²) in [6, 6.07) is 24.3. The van der Waals surface area contributed by atoms with E-state index in [4.69, 9.17) is 4.74 Å². The number of amides is 1. The number of carbonyl (C=O) groups is 1. The number of ether oxygens (including phenoxy) is 1. The van der Waals surface area contributed by atoms with Crippen molar-refractivity contribution in [1.29, 1.82) is 0 Å². The SMILES string of the molecule is CN(C)C(=O)C(Cc1ccccc1)NS(=O)(=O)c1ccc(OCc2ccccc2)cc1. The van der Waals surface area contributed by atoms with Crippen LogP contribution in [0.25, 0.3) is 0 Å². The highest BCUT2D eigenvalue weighted by Crippen LogP contribution is 2.18. The van der Waals surface area contributed by atoms with Gasteiger partial charge in [-0.3, -0.25) is 4.79 Å². The molecule has 0 heterocycles. The van der Waals surface area contributed by atoms with Gasteiger partial charge in [0.05, 0.1) is 4.90 Å². The van der Waals surface area contributed by atoms with Gasteiger partial charge in [-0.25, -0.2) is 8.42 Å². The first kappa shape index (κ1) is 22.5. The van der Waals surface area contributed by atoms with Gasteiger partial charge in [-0.15, -0.1) is 0 Å². The Morgan fingerprint density at radius 3 is 1.97 bits per heavy atom. The molecule has 31 heavy (non-hydrogen) atoms.